The molecule has 0 atom stereocenters. The number of nitrogens with one attached hydrogen (secondary N) is 1. The first kappa shape index (κ1) is 14.9. The molecule has 110 valence electrons. The summed E-state index contributed by atoms with van der Waals surface area (Å²) in [5.41, 5.74) is 0.728. The van der Waals surface area contributed by atoms with Crippen molar-refractivity contribution in [2.45, 2.75) is 13.8 Å². The van der Waals surface area contributed by atoms with Gasteiger partial charge in [-0.15, -0.1) is 0 Å². The molecule has 0 radical (unpaired) electrons. The van der Waals surface area contributed by atoms with E-state index in [2.05, 4.69) is 15.3 Å². The van der Waals surface area contributed by atoms with E-state index in [0.717, 1.165) is 18.9 Å². The lowest BCUT2D eigenvalue weighted by atomic mass is 10.3. The molecule has 1 amide bonds. The molecule has 0 aliphatic carbocycles. The zero-order valence-electron chi connectivity index (χ0n) is 12.0. The largest absolute Gasteiger partial charge is 0.356 e. The standard InChI is InChI=1S/C15H17FN4O/c1-3-20(4-2)14-10-17-13(9-18-14)15(21)19-12-7-5-11(16)6-8-12/h5-10H,3-4H2,1-2H3,(H,19,21). The third kappa shape index (κ3) is 3.75. The van der Waals surface area contributed by atoms with Gasteiger partial charge in [-0.2, -0.15) is 0 Å². The summed E-state index contributed by atoms with van der Waals surface area (Å²) in [6.45, 7) is 5.71. The Labute approximate surface area is 122 Å². The first-order valence-corrected chi connectivity index (χ1v) is 6.78. The van der Waals surface area contributed by atoms with Gasteiger partial charge in [0.25, 0.3) is 5.91 Å². The summed E-state index contributed by atoms with van der Waals surface area (Å²) in [5.74, 6) is 0.00917. The summed E-state index contributed by atoms with van der Waals surface area (Å²) in [5, 5.41) is 2.64. The van der Waals surface area contributed by atoms with Crippen LogP contribution in [0.1, 0.15) is 24.3 Å². The first-order valence-electron chi connectivity index (χ1n) is 6.78. The summed E-state index contributed by atoms with van der Waals surface area (Å²) in [7, 11) is 0. The fourth-order valence-electron chi connectivity index (χ4n) is 1.88. The third-order valence-corrected chi connectivity index (χ3v) is 3.06. The maximum atomic E-state index is 12.8. The maximum Gasteiger partial charge on any atom is 0.275 e. The van der Waals surface area contributed by atoms with Crippen LogP contribution in [0.2, 0.25) is 0 Å². The lowest BCUT2D eigenvalue weighted by Crippen LogP contribution is -2.23. The van der Waals surface area contributed by atoms with Gasteiger partial charge in [-0.1, -0.05) is 0 Å². The van der Waals surface area contributed by atoms with E-state index in [0.29, 0.717) is 5.69 Å². The molecule has 1 aromatic heterocycles. The minimum atomic E-state index is -0.375. The van der Waals surface area contributed by atoms with Crippen molar-refractivity contribution in [3.63, 3.8) is 0 Å². The number of amides is 1. The summed E-state index contributed by atoms with van der Waals surface area (Å²) in [6, 6.07) is 5.55. The Kier molecular flexibility index (Phi) is 4.81. The number of halogens is 1. The molecule has 0 fully saturated rings. The highest BCUT2D eigenvalue weighted by Crippen LogP contribution is 2.11. The maximum absolute atomic E-state index is 12.8. The van der Waals surface area contributed by atoms with E-state index >= 15 is 0 Å². The summed E-state index contributed by atoms with van der Waals surface area (Å²) in [4.78, 5) is 22.4. The van der Waals surface area contributed by atoms with E-state index in [-0.39, 0.29) is 17.4 Å². The molecule has 0 unspecified atom stereocenters. The van der Waals surface area contributed by atoms with Crippen LogP contribution in [0.3, 0.4) is 0 Å². The van der Waals surface area contributed by atoms with Crippen LogP contribution in [-0.4, -0.2) is 29.0 Å². The molecule has 0 saturated carbocycles. The van der Waals surface area contributed by atoms with E-state index in [4.69, 9.17) is 0 Å². The Balaban J connectivity index is 2.07. The van der Waals surface area contributed by atoms with Crippen molar-refractivity contribution in [2.24, 2.45) is 0 Å². The van der Waals surface area contributed by atoms with Gasteiger partial charge in [0.05, 0.1) is 12.4 Å². The number of carbonyl (C=O) groups excluding carboxylic acids is 1. The molecule has 2 rings (SSSR count). The molecule has 5 nitrogen and oxygen atoms in total. The normalized spacial score (nSPS) is 10.2. The smallest absolute Gasteiger partial charge is 0.275 e. The van der Waals surface area contributed by atoms with Crippen molar-refractivity contribution < 1.29 is 9.18 Å². The van der Waals surface area contributed by atoms with Crippen LogP contribution in [0.25, 0.3) is 0 Å². The zero-order chi connectivity index (χ0) is 15.2. The van der Waals surface area contributed by atoms with Gasteiger partial charge in [0.1, 0.15) is 17.3 Å². The number of hydrogen-bond acceptors (Lipinski definition) is 4. The summed E-state index contributed by atoms with van der Waals surface area (Å²) < 4.78 is 12.8. The van der Waals surface area contributed by atoms with Gasteiger partial charge < -0.3 is 10.2 Å². The molecule has 1 aromatic carbocycles. The molecule has 2 aromatic rings. The van der Waals surface area contributed by atoms with Gasteiger partial charge in [-0.05, 0) is 38.1 Å². The minimum absolute atomic E-state index is 0.218. The second kappa shape index (κ2) is 6.78. The topological polar surface area (TPSA) is 58.1 Å². The molecule has 0 aliphatic heterocycles. The van der Waals surface area contributed by atoms with Crippen LogP contribution >= 0.6 is 0 Å². The lowest BCUT2D eigenvalue weighted by molar-refractivity contribution is 0.102. The Morgan fingerprint density at radius 3 is 2.33 bits per heavy atom. The monoisotopic (exact) mass is 288 g/mol. The summed E-state index contributed by atoms with van der Waals surface area (Å²) >= 11 is 0. The fraction of sp³-hybridized carbons (Fsp3) is 0.267. The van der Waals surface area contributed by atoms with Crippen LogP contribution in [0.15, 0.2) is 36.7 Å². The van der Waals surface area contributed by atoms with Crippen molar-refractivity contribution >= 4 is 17.4 Å². The molecule has 1 N–H and O–H groups in total. The van der Waals surface area contributed by atoms with E-state index in [1.54, 1.807) is 6.20 Å². The second-order valence-electron chi connectivity index (χ2n) is 4.39. The van der Waals surface area contributed by atoms with Crippen LogP contribution in [0.4, 0.5) is 15.9 Å². The molecule has 6 heteroatoms. The minimum Gasteiger partial charge on any atom is -0.356 e. The molecular formula is C15H17FN4O. The number of hydrogen-bond donors (Lipinski definition) is 1. The van der Waals surface area contributed by atoms with Crippen molar-refractivity contribution in [1.82, 2.24) is 9.97 Å². The van der Waals surface area contributed by atoms with Crippen molar-refractivity contribution in [2.75, 3.05) is 23.3 Å². The van der Waals surface area contributed by atoms with E-state index in [1.807, 2.05) is 18.7 Å². The van der Waals surface area contributed by atoms with Crippen LogP contribution in [0, 0.1) is 5.82 Å². The molecule has 0 bridgehead atoms. The number of carbonyl (C=O) groups is 1. The third-order valence-electron chi connectivity index (χ3n) is 3.06. The Morgan fingerprint density at radius 1 is 1.14 bits per heavy atom. The van der Waals surface area contributed by atoms with Gasteiger partial charge in [-0.25, -0.2) is 14.4 Å². The fourth-order valence-corrected chi connectivity index (χ4v) is 1.88. The van der Waals surface area contributed by atoms with Gasteiger partial charge in [0.15, 0.2) is 0 Å². The Morgan fingerprint density at radius 2 is 1.81 bits per heavy atom. The van der Waals surface area contributed by atoms with Gasteiger partial charge in [0, 0.05) is 18.8 Å². The average molecular weight is 288 g/mol. The molecule has 0 saturated heterocycles. The SMILES string of the molecule is CCN(CC)c1cnc(C(=O)Nc2ccc(F)cc2)cn1. The number of benzene rings is 1. The van der Waals surface area contributed by atoms with E-state index < -0.39 is 0 Å². The van der Waals surface area contributed by atoms with Crippen molar-refractivity contribution in [3.8, 4) is 0 Å². The predicted molar refractivity (Wildman–Crippen MR) is 79.9 cm³/mol. The number of anilines is 2. The van der Waals surface area contributed by atoms with E-state index in [9.17, 15) is 9.18 Å². The van der Waals surface area contributed by atoms with Gasteiger partial charge in [-0.3, -0.25) is 4.79 Å². The lowest BCUT2D eigenvalue weighted by Gasteiger charge is -2.18. The first-order chi connectivity index (χ1) is 10.1. The molecule has 0 spiro atoms. The van der Waals surface area contributed by atoms with Crippen LogP contribution in [0.5, 0.6) is 0 Å². The Hall–Kier alpha value is -2.50. The molecule has 1 heterocycles. The Bertz CT molecular complexity index is 594. The van der Waals surface area contributed by atoms with Crippen LogP contribution < -0.4 is 10.2 Å². The highest BCUT2D eigenvalue weighted by Gasteiger charge is 2.10. The highest BCUT2D eigenvalue weighted by atomic mass is 19.1. The predicted octanol–water partition coefficient (Wildman–Crippen LogP) is 2.71. The summed E-state index contributed by atoms with van der Waals surface area (Å²) in [6.07, 6.45) is 3.01. The molecular weight excluding hydrogens is 271 g/mol. The van der Waals surface area contributed by atoms with Crippen LogP contribution in [-0.2, 0) is 0 Å². The average Bonchev–Trinajstić information content (AvgIpc) is 2.51. The van der Waals surface area contributed by atoms with E-state index in [1.165, 1.54) is 30.5 Å². The highest BCUT2D eigenvalue weighted by molar-refractivity contribution is 6.02. The number of rotatable bonds is 5. The van der Waals surface area contributed by atoms with Gasteiger partial charge >= 0.3 is 0 Å². The number of aromatic nitrogens is 2. The zero-order valence-corrected chi connectivity index (χ0v) is 12.0. The quantitative estimate of drug-likeness (QED) is 0.919. The van der Waals surface area contributed by atoms with Crippen molar-refractivity contribution in [1.29, 1.82) is 0 Å². The molecule has 0 aliphatic rings. The molecule has 21 heavy (non-hydrogen) atoms. The van der Waals surface area contributed by atoms with Crippen molar-refractivity contribution in [3.05, 3.63) is 48.2 Å². The van der Waals surface area contributed by atoms with Gasteiger partial charge in [0.2, 0.25) is 0 Å². The number of nitrogens with zero attached hydrogens (tertiary/aromatic N) is 3. The second-order valence-corrected chi connectivity index (χ2v) is 4.39.